The monoisotopic (exact) mass is 460 g/mol. The van der Waals surface area contributed by atoms with Crippen LogP contribution in [0.4, 0.5) is 0 Å². The summed E-state index contributed by atoms with van der Waals surface area (Å²) in [4.78, 5) is 42.2. The van der Waals surface area contributed by atoms with E-state index in [9.17, 15) is 14.4 Å². The van der Waals surface area contributed by atoms with Gasteiger partial charge in [-0.05, 0) is 42.0 Å². The summed E-state index contributed by atoms with van der Waals surface area (Å²) < 4.78 is 5.52. The molecule has 0 radical (unpaired) electrons. The van der Waals surface area contributed by atoms with Crippen molar-refractivity contribution in [3.05, 3.63) is 57.2 Å². The average molecular weight is 461 g/mol. The minimum atomic E-state index is -0.698. The van der Waals surface area contributed by atoms with E-state index in [1.54, 1.807) is 21.9 Å². The topological polar surface area (TPSA) is 66.9 Å². The SMILES string of the molecule is O=C(COC(=O)C1(c2ccc(Cl)cc2)CCCC1)N1CCN(C(=O)c2cccs2)CC1. The molecule has 8 heteroatoms. The Labute approximate surface area is 190 Å². The van der Waals surface area contributed by atoms with E-state index in [-0.39, 0.29) is 24.4 Å². The second-order valence-electron chi connectivity index (χ2n) is 8.02. The average Bonchev–Trinajstić information content (AvgIpc) is 3.50. The highest BCUT2D eigenvalue weighted by Crippen LogP contribution is 2.42. The quantitative estimate of drug-likeness (QED) is 0.637. The van der Waals surface area contributed by atoms with Gasteiger partial charge in [0.1, 0.15) is 0 Å². The van der Waals surface area contributed by atoms with E-state index >= 15 is 0 Å². The van der Waals surface area contributed by atoms with Gasteiger partial charge in [0.05, 0.1) is 10.3 Å². The van der Waals surface area contributed by atoms with E-state index in [4.69, 9.17) is 16.3 Å². The van der Waals surface area contributed by atoms with Gasteiger partial charge in [-0.15, -0.1) is 11.3 Å². The van der Waals surface area contributed by atoms with Crippen LogP contribution in [-0.2, 0) is 19.7 Å². The van der Waals surface area contributed by atoms with Gasteiger partial charge in [0.15, 0.2) is 6.61 Å². The van der Waals surface area contributed by atoms with E-state index < -0.39 is 5.41 Å². The Balaban J connectivity index is 1.31. The normalized spacial score (nSPS) is 18.1. The number of nitrogens with zero attached hydrogens (tertiary/aromatic N) is 2. The van der Waals surface area contributed by atoms with Crippen molar-refractivity contribution in [2.45, 2.75) is 31.1 Å². The van der Waals surface area contributed by atoms with Crippen LogP contribution < -0.4 is 0 Å². The van der Waals surface area contributed by atoms with Crippen molar-refractivity contribution in [3.8, 4) is 0 Å². The molecule has 0 unspecified atom stereocenters. The van der Waals surface area contributed by atoms with Crippen LogP contribution in [0.15, 0.2) is 41.8 Å². The molecule has 6 nitrogen and oxygen atoms in total. The molecule has 1 aromatic carbocycles. The lowest BCUT2D eigenvalue weighted by atomic mass is 9.79. The van der Waals surface area contributed by atoms with Gasteiger partial charge in [0, 0.05) is 31.2 Å². The zero-order chi connectivity index (χ0) is 21.8. The summed E-state index contributed by atoms with van der Waals surface area (Å²) in [5.74, 6) is -0.562. The molecule has 1 aromatic heterocycles. The number of amides is 2. The number of hydrogen-bond donors (Lipinski definition) is 0. The molecule has 0 spiro atoms. The zero-order valence-corrected chi connectivity index (χ0v) is 18.8. The van der Waals surface area contributed by atoms with Crippen LogP contribution in [0.3, 0.4) is 0 Å². The third-order valence-corrected chi connectivity index (χ3v) is 7.33. The van der Waals surface area contributed by atoms with Crippen LogP contribution in [0.1, 0.15) is 40.9 Å². The van der Waals surface area contributed by atoms with Gasteiger partial charge in [-0.3, -0.25) is 14.4 Å². The first-order chi connectivity index (χ1) is 15.0. The lowest BCUT2D eigenvalue weighted by Crippen LogP contribution is -2.51. The first-order valence-corrected chi connectivity index (χ1v) is 11.8. The predicted molar refractivity (Wildman–Crippen MR) is 119 cm³/mol. The third-order valence-electron chi connectivity index (χ3n) is 6.22. The van der Waals surface area contributed by atoms with Crippen molar-refractivity contribution in [2.24, 2.45) is 0 Å². The number of hydrogen-bond acceptors (Lipinski definition) is 5. The third kappa shape index (κ3) is 4.62. The standard InChI is InChI=1S/C23H25ClN2O4S/c24-18-7-5-17(6-8-18)23(9-1-2-10-23)22(29)30-16-20(27)25-11-13-26(14-12-25)21(28)19-4-3-15-31-19/h3-8,15H,1-2,9-14,16H2. The van der Waals surface area contributed by atoms with Crippen LogP contribution in [0, 0.1) is 0 Å². The van der Waals surface area contributed by atoms with Crippen LogP contribution >= 0.6 is 22.9 Å². The van der Waals surface area contributed by atoms with Crippen molar-refractivity contribution in [1.82, 2.24) is 9.80 Å². The molecule has 164 valence electrons. The summed E-state index contributed by atoms with van der Waals surface area (Å²) in [6, 6.07) is 11.0. The fourth-order valence-electron chi connectivity index (χ4n) is 4.43. The Hall–Kier alpha value is -2.38. The molecule has 0 bridgehead atoms. The number of ether oxygens (including phenoxy) is 1. The lowest BCUT2D eigenvalue weighted by Gasteiger charge is -2.34. The molecule has 31 heavy (non-hydrogen) atoms. The number of benzene rings is 1. The van der Waals surface area contributed by atoms with Crippen molar-refractivity contribution < 1.29 is 19.1 Å². The Morgan fingerprint density at radius 2 is 1.61 bits per heavy atom. The molecule has 4 rings (SSSR count). The van der Waals surface area contributed by atoms with Gasteiger partial charge in [-0.2, -0.15) is 0 Å². The molecule has 2 amide bonds. The highest BCUT2D eigenvalue weighted by Gasteiger charge is 2.44. The maximum atomic E-state index is 13.0. The zero-order valence-electron chi connectivity index (χ0n) is 17.2. The van der Waals surface area contributed by atoms with Crippen molar-refractivity contribution in [3.63, 3.8) is 0 Å². The number of thiophene rings is 1. The largest absolute Gasteiger partial charge is 0.455 e. The summed E-state index contributed by atoms with van der Waals surface area (Å²) >= 11 is 7.42. The van der Waals surface area contributed by atoms with E-state index in [0.29, 0.717) is 48.9 Å². The molecule has 2 fully saturated rings. The fraction of sp³-hybridized carbons (Fsp3) is 0.435. The highest BCUT2D eigenvalue weighted by atomic mass is 35.5. The van der Waals surface area contributed by atoms with Crippen molar-refractivity contribution in [1.29, 1.82) is 0 Å². The van der Waals surface area contributed by atoms with Gasteiger partial charge in [0.25, 0.3) is 11.8 Å². The van der Waals surface area contributed by atoms with Crippen LogP contribution in [-0.4, -0.2) is 60.4 Å². The van der Waals surface area contributed by atoms with Crippen molar-refractivity contribution >= 4 is 40.7 Å². The Morgan fingerprint density at radius 1 is 0.968 bits per heavy atom. The number of piperazine rings is 1. The summed E-state index contributed by atoms with van der Waals surface area (Å²) in [5.41, 5.74) is 0.198. The van der Waals surface area contributed by atoms with E-state index in [0.717, 1.165) is 18.4 Å². The van der Waals surface area contributed by atoms with Crippen LogP contribution in [0.5, 0.6) is 0 Å². The Bertz CT molecular complexity index is 931. The molecule has 0 atom stereocenters. The van der Waals surface area contributed by atoms with Crippen molar-refractivity contribution in [2.75, 3.05) is 32.8 Å². The van der Waals surface area contributed by atoms with Gasteiger partial charge in [-0.25, -0.2) is 0 Å². The highest BCUT2D eigenvalue weighted by molar-refractivity contribution is 7.12. The molecule has 2 aliphatic rings. The van der Waals surface area contributed by atoms with E-state index in [2.05, 4.69) is 0 Å². The molecule has 1 saturated heterocycles. The molecule has 2 aromatic rings. The van der Waals surface area contributed by atoms with Crippen LogP contribution in [0.2, 0.25) is 5.02 Å². The minimum Gasteiger partial charge on any atom is -0.455 e. The molecule has 2 heterocycles. The summed E-state index contributed by atoms with van der Waals surface area (Å²) in [7, 11) is 0. The smallest absolute Gasteiger partial charge is 0.317 e. The van der Waals surface area contributed by atoms with E-state index in [1.165, 1.54) is 11.3 Å². The molecular formula is C23H25ClN2O4S. The summed E-state index contributed by atoms with van der Waals surface area (Å²) in [6.45, 7) is 1.56. The first-order valence-electron chi connectivity index (χ1n) is 10.5. The Morgan fingerprint density at radius 3 is 2.23 bits per heavy atom. The number of halogens is 1. The first kappa shape index (κ1) is 21.8. The maximum Gasteiger partial charge on any atom is 0.317 e. The van der Waals surface area contributed by atoms with Gasteiger partial charge >= 0.3 is 5.97 Å². The van der Waals surface area contributed by atoms with E-state index in [1.807, 2.05) is 29.6 Å². The predicted octanol–water partition coefficient (Wildman–Crippen LogP) is 3.74. The molecule has 1 aliphatic carbocycles. The number of rotatable bonds is 5. The maximum absolute atomic E-state index is 13.0. The number of esters is 1. The second-order valence-corrected chi connectivity index (χ2v) is 9.41. The fourth-order valence-corrected chi connectivity index (χ4v) is 5.25. The lowest BCUT2D eigenvalue weighted by molar-refractivity contribution is -0.157. The summed E-state index contributed by atoms with van der Waals surface area (Å²) in [6.07, 6.45) is 3.33. The number of carbonyl (C=O) groups is 3. The second kappa shape index (κ2) is 9.40. The minimum absolute atomic E-state index is 0.000309. The van der Waals surface area contributed by atoms with Gasteiger partial charge < -0.3 is 14.5 Å². The number of carbonyl (C=O) groups excluding carboxylic acids is 3. The molecular weight excluding hydrogens is 436 g/mol. The Kier molecular flexibility index (Phi) is 6.62. The molecule has 1 aliphatic heterocycles. The van der Waals surface area contributed by atoms with Gasteiger partial charge in [0.2, 0.25) is 0 Å². The van der Waals surface area contributed by atoms with Gasteiger partial charge in [-0.1, -0.05) is 42.6 Å². The molecule has 1 saturated carbocycles. The molecule has 0 N–H and O–H groups in total. The van der Waals surface area contributed by atoms with Crippen LogP contribution in [0.25, 0.3) is 0 Å². The summed E-state index contributed by atoms with van der Waals surface area (Å²) in [5, 5.41) is 2.50.